The minimum Gasteiger partial charge on any atom is -0.388 e. The molecule has 1 N–H and O–H groups in total. The first-order chi connectivity index (χ1) is 27.8. The maximum absolute atomic E-state index is 13.4. The van der Waals surface area contributed by atoms with E-state index in [4.69, 9.17) is 9.84 Å². The van der Waals surface area contributed by atoms with E-state index in [0.29, 0.717) is 37.8 Å². The van der Waals surface area contributed by atoms with Crippen molar-refractivity contribution in [3.63, 3.8) is 0 Å². The molecule has 0 atom stereocenters. The third-order valence-corrected chi connectivity index (χ3v) is 9.90. The fourth-order valence-corrected chi connectivity index (χ4v) is 6.97. The number of aliphatic hydroxyl groups excluding tert-OH is 1. The van der Waals surface area contributed by atoms with Crippen molar-refractivity contribution in [3.8, 4) is 0 Å². The molecule has 0 spiro atoms. The van der Waals surface area contributed by atoms with Crippen LogP contribution in [0.5, 0.6) is 0 Å². The molecule has 0 amide bonds. The van der Waals surface area contributed by atoms with E-state index >= 15 is 0 Å². The van der Waals surface area contributed by atoms with Crippen molar-refractivity contribution >= 4 is 0 Å². The van der Waals surface area contributed by atoms with Crippen molar-refractivity contribution < 1.29 is 9.84 Å². The first-order valence-corrected chi connectivity index (χ1v) is 19.6. The van der Waals surface area contributed by atoms with E-state index in [2.05, 4.69) is 67.5 Å². The predicted molar refractivity (Wildman–Crippen MR) is 224 cm³/mol. The summed E-state index contributed by atoms with van der Waals surface area (Å²) in [6, 6.07) is 47.0. The second kappa shape index (κ2) is 19.2. The van der Waals surface area contributed by atoms with Gasteiger partial charge in [0.1, 0.15) is 18.8 Å². The number of hydrogen-bond acceptors (Lipinski definition) is 6. The van der Waals surface area contributed by atoms with Gasteiger partial charge in [-0.05, 0) is 54.5 Å². The molecule has 57 heavy (non-hydrogen) atoms. The molecule has 10 heteroatoms. The van der Waals surface area contributed by atoms with E-state index in [-0.39, 0.29) is 24.6 Å². The van der Waals surface area contributed by atoms with Crippen molar-refractivity contribution in [2.24, 2.45) is 0 Å². The molecule has 2 aromatic heterocycles. The van der Waals surface area contributed by atoms with Crippen LogP contribution in [-0.2, 0) is 49.7 Å². The highest BCUT2D eigenvalue weighted by Gasteiger charge is 2.38. The summed E-state index contributed by atoms with van der Waals surface area (Å²) in [6.07, 6.45) is 1.66. The lowest BCUT2D eigenvalue weighted by atomic mass is 9.80. The Morgan fingerprint density at radius 1 is 0.544 bits per heavy atom. The fourth-order valence-electron chi connectivity index (χ4n) is 6.97. The van der Waals surface area contributed by atoms with Crippen LogP contribution in [0.4, 0.5) is 0 Å². The van der Waals surface area contributed by atoms with Crippen LogP contribution in [0.15, 0.2) is 149 Å². The zero-order chi connectivity index (χ0) is 40.2. The number of hydrogen-bond donors (Lipinski definition) is 1. The van der Waals surface area contributed by atoms with Crippen LogP contribution in [-0.4, -0.2) is 33.8 Å². The Bertz CT molecular complexity index is 2320. The first kappa shape index (κ1) is 40.6. The van der Waals surface area contributed by atoms with E-state index in [1.165, 1.54) is 20.4 Å². The minimum atomic E-state index is -0.877. The molecule has 0 saturated heterocycles. The second-order valence-electron chi connectivity index (χ2n) is 14.2. The summed E-state index contributed by atoms with van der Waals surface area (Å²) in [4.78, 5) is 25.6. The highest BCUT2D eigenvalue weighted by Crippen LogP contribution is 2.41. The molecule has 0 aliphatic rings. The normalized spacial score (nSPS) is 11.3. The largest absolute Gasteiger partial charge is 0.388 e. The summed E-state index contributed by atoms with van der Waals surface area (Å²) in [5.41, 5.74) is 6.33. The fraction of sp³-hybridized carbons (Fsp3) is 0.277. The van der Waals surface area contributed by atoms with Crippen molar-refractivity contribution in [3.05, 3.63) is 211 Å². The lowest BCUT2D eigenvalue weighted by Gasteiger charge is -2.35. The molecule has 7 aromatic rings. The van der Waals surface area contributed by atoms with E-state index in [1.807, 2.05) is 105 Å². The Labute approximate surface area is 334 Å². The van der Waals surface area contributed by atoms with Gasteiger partial charge in [-0.15, -0.1) is 0 Å². The van der Waals surface area contributed by atoms with Gasteiger partial charge in [0.05, 0.1) is 13.1 Å². The van der Waals surface area contributed by atoms with Crippen LogP contribution in [0.25, 0.3) is 0 Å². The van der Waals surface area contributed by atoms with Gasteiger partial charge in [0.15, 0.2) is 11.6 Å². The molecule has 0 fully saturated rings. The van der Waals surface area contributed by atoms with E-state index in [9.17, 15) is 14.7 Å². The monoisotopic (exact) mass is 764 g/mol. The second-order valence-corrected chi connectivity index (χ2v) is 14.2. The van der Waals surface area contributed by atoms with Gasteiger partial charge in [0, 0.05) is 13.1 Å². The third kappa shape index (κ3) is 9.48. The summed E-state index contributed by atoms with van der Waals surface area (Å²) in [5.74, 6) is 1.05. The maximum atomic E-state index is 13.4. The van der Waals surface area contributed by atoms with Gasteiger partial charge in [-0.25, -0.2) is 19.0 Å². The molecule has 0 aliphatic heterocycles. The number of nitrogens with zero attached hydrogens (tertiary/aromatic N) is 6. The van der Waals surface area contributed by atoms with Crippen molar-refractivity contribution in [1.29, 1.82) is 0 Å². The molecule has 294 valence electrons. The predicted octanol–water partition coefficient (Wildman–Crippen LogP) is 7.62. The lowest BCUT2D eigenvalue weighted by Crippen LogP contribution is -2.33. The van der Waals surface area contributed by atoms with Crippen molar-refractivity contribution in [2.75, 3.05) is 0 Å². The molecular formula is C47H52N6O4. The number of aryl methyl sites for hydroxylation is 2. The number of aliphatic hydroxyl groups is 1. The van der Waals surface area contributed by atoms with Crippen molar-refractivity contribution in [2.45, 2.75) is 85.5 Å². The van der Waals surface area contributed by atoms with Gasteiger partial charge in [-0.3, -0.25) is 9.13 Å². The van der Waals surface area contributed by atoms with Crippen LogP contribution in [0, 0.1) is 13.8 Å². The SMILES string of the molecule is CCCn1c(CO)nn(Cc2ccc(C)cc2)c1=O.CCCn1c(COC(c2ccccc2)(c2ccccc2)c2ccccc2)nn(Cc2ccc(C)cc2)c1=O. The lowest BCUT2D eigenvalue weighted by molar-refractivity contribution is -0.00484. The molecule has 5 aromatic carbocycles. The van der Waals surface area contributed by atoms with Crippen LogP contribution < -0.4 is 11.4 Å². The summed E-state index contributed by atoms with van der Waals surface area (Å²) in [7, 11) is 0. The molecule has 2 heterocycles. The quantitative estimate of drug-likeness (QED) is 0.108. The topological polar surface area (TPSA) is 109 Å². The average molecular weight is 765 g/mol. The van der Waals surface area contributed by atoms with E-state index in [1.54, 1.807) is 9.25 Å². The Morgan fingerprint density at radius 3 is 1.28 bits per heavy atom. The maximum Gasteiger partial charge on any atom is 0.346 e. The molecule has 0 bridgehead atoms. The van der Waals surface area contributed by atoms with Crippen molar-refractivity contribution in [1.82, 2.24) is 28.7 Å². The summed E-state index contributed by atoms with van der Waals surface area (Å²) >= 11 is 0. The molecule has 0 aliphatic carbocycles. The Morgan fingerprint density at radius 2 is 0.912 bits per heavy atom. The summed E-state index contributed by atoms with van der Waals surface area (Å²) in [5, 5.41) is 18.2. The molecular weight excluding hydrogens is 713 g/mol. The number of aromatic nitrogens is 6. The Hall–Kier alpha value is -6.10. The molecule has 10 nitrogen and oxygen atoms in total. The number of benzene rings is 5. The van der Waals surface area contributed by atoms with Crippen LogP contribution in [0.2, 0.25) is 0 Å². The third-order valence-electron chi connectivity index (χ3n) is 9.90. The van der Waals surface area contributed by atoms with E-state index < -0.39 is 5.60 Å². The Balaban J connectivity index is 0.000000242. The number of ether oxygens (including phenoxy) is 1. The van der Waals surface area contributed by atoms with Crippen LogP contribution in [0.1, 0.15) is 77.3 Å². The zero-order valence-electron chi connectivity index (χ0n) is 33.3. The molecule has 7 rings (SSSR count). The van der Waals surface area contributed by atoms with Gasteiger partial charge >= 0.3 is 11.4 Å². The zero-order valence-corrected chi connectivity index (χ0v) is 33.3. The highest BCUT2D eigenvalue weighted by atomic mass is 16.5. The first-order valence-electron chi connectivity index (χ1n) is 19.6. The van der Waals surface area contributed by atoms with Gasteiger partial charge in [-0.1, -0.05) is 165 Å². The van der Waals surface area contributed by atoms with Gasteiger partial charge in [-0.2, -0.15) is 10.2 Å². The average Bonchev–Trinajstić information content (AvgIpc) is 3.71. The smallest absolute Gasteiger partial charge is 0.346 e. The molecule has 0 unspecified atom stereocenters. The van der Waals surface area contributed by atoms with Crippen LogP contribution in [0.3, 0.4) is 0 Å². The molecule has 0 saturated carbocycles. The van der Waals surface area contributed by atoms with Gasteiger partial charge in [0.2, 0.25) is 0 Å². The summed E-state index contributed by atoms with van der Waals surface area (Å²) in [6.45, 7) is 10.1. The minimum absolute atomic E-state index is 0.115. The summed E-state index contributed by atoms with van der Waals surface area (Å²) < 4.78 is 13.2. The van der Waals surface area contributed by atoms with Gasteiger partial charge in [0.25, 0.3) is 0 Å². The molecule has 0 radical (unpaired) electrons. The van der Waals surface area contributed by atoms with E-state index in [0.717, 1.165) is 40.7 Å². The highest BCUT2D eigenvalue weighted by molar-refractivity contribution is 5.47. The standard InChI is InChI=1S/C33H33N3O2.C14H19N3O2/c1-3-23-35-31(34-36(32(35)37)24-27-21-19-26(2)20-22-27)25-38-33(28-13-7-4-8-14-28,29-15-9-5-10-16-29)30-17-11-6-12-18-30;1-3-8-16-13(10-18)15-17(14(16)19)9-12-6-4-11(2)5-7-12/h4-22H,3,23-25H2,1-2H3;4-7,18H,3,8-10H2,1-2H3. The van der Waals surface area contributed by atoms with Gasteiger partial charge < -0.3 is 9.84 Å². The Kier molecular flexibility index (Phi) is 13.6. The van der Waals surface area contributed by atoms with Crippen LogP contribution >= 0.6 is 0 Å². The number of rotatable bonds is 15.